The van der Waals surface area contributed by atoms with Gasteiger partial charge in [-0.05, 0) is 96.8 Å². The summed E-state index contributed by atoms with van der Waals surface area (Å²) in [6.07, 6.45) is 4.66. The molecule has 7 heteroatoms. The lowest BCUT2D eigenvalue weighted by atomic mass is 9.65. The molecule has 0 spiro atoms. The lowest BCUT2D eigenvalue weighted by molar-refractivity contribution is -0.131. The van der Waals surface area contributed by atoms with Crippen molar-refractivity contribution in [2.24, 2.45) is 0 Å². The Labute approximate surface area is 239 Å². The fourth-order valence-corrected chi connectivity index (χ4v) is 5.32. The first-order valence-electron chi connectivity index (χ1n) is 13.6. The van der Waals surface area contributed by atoms with Crippen LogP contribution in [-0.4, -0.2) is 19.2 Å². The largest absolute Gasteiger partial charge is 0.519 e. The maximum absolute atomic E-state index is 12.5. The molecular formula is C34H32O7. The van der Waals surface area contributed by atoms with E-state index in [2.05, 4.69) is 0 Å². The molecule has 4 aromatic carbocycles. The third-order valence-corrected chi connectivity index (χ3v) is 7.30. The first-order valence-corrected chi connectivity index (χ1v) is 13.6. The number of ether oxygens (including phenoxy) is 5. The Kier molecular flexibility index (Phi) is 8.53. The van der Waals surface area contributed by atoms with E-state index in [-0.39, 0.29) is 11.4 Å². The molecule has 0 aliphatic heterocycles. The van der Waals surface area contributed by atoms with E-state index in [1.807, 2.05) is 60.7 Å². The van der Waals surface area contributed by atoms with Gasteiger partial charge in [-0.3, -0.25) is 4.79 Å². The molecule has 0 atom stereocenters. The molecule has 0 N–H and O–H groups in total. The van der Waals surface area contributed by atoms with Gasteiger partial charge < -0.3 is 23.7 Å². The average Bonchev–Trinajstić information content (AvgIpc) is 2.99. The zero-order valence-electron chi connectivity index (χ0n) is 23.1. The van der Waals surface area contributed by atoms with Crippen molar-refractivity contribution in [3.63, 3.8) is 0 Å². The summed E-state index contributed by atoms with van der Waals surface area (Å²) in [7, 11) is 1.61. The molecule has 7 nitrogen and oxygen atoms in total. The van der Waals surface area contributed by atoms with Gasteiger partial charge >= 0.3 is 12.1 Å². The second kappa shape index (κ2) is 12.6. The van der Waals surface area contributed by atoms with Crippen LogP contribution in [-0.2, 0) is 10.2 Å². The van der Waals surface area contributed by atoms with Crippen molar-refractivity contribution in [1.82, 2.24) is 0 Å². The van der Waals surface area contributed by atoms with Gasteiger partial charge in [0.05, 0.1) is 7.11 Å². The van der Waals surface area contributed by atoms with Gasteiger partial charge in [0.25, 0.3) is 0 Å². The highest BCUT2D eigenvalue weighted by atomic mass is 16.7. The Balaban J connectivity index is 1.22. The highest BCUT2D eigenvalue weighted by Crippen LogP contribution is 2.45. The van der Waals surface area contributed by atoms with Crippen LogP contribution in [0, 0.1) is 0 Å². The summed E-state index contributed by atoms with van der Waals surface area (Å²) in [4.78, 5) is 23.8. The van der Waals surface area contributed by atoms with Crippen LogP contribution in [0.3, 0.4) is 0 Å². The zero-order valence-corrected chi connectivity index (χ0v) is 23.1. The Bertz CT molecular complexity index is 1450. The minimum absolute atomic E-state index is 0.151. The van der Waals surface area contributed by atoms with Crippen LogP contribution in [0.25, 0.3) is 0 Å². The molecule has 0 radical (unpaired) electrons. The molecule has 0 aromatic heterocycles. The van der Waals surface area contributed by atoms with E-state index in [1.165, 1.54) is 18.9 Å². The third-order valence-electron chi connectivity index (χ3n) is 7.30. The van der Waals surface area contributed by atoms with Gasteiger partial charge in [0, 0.05) is 12.3 Å². The number of benzene rings is 4. The Morgan fingerprint density at radius 3 is 1.37 bits per heavy atom. The molecule has 0 bridgehead atoms. The fourth-order valence-electron chi connectivity index (χ4n) is 5.32. The van der Waals surface area contributed by atoms with Gasteiger partial charge in [-0.2, -0.15) is 0 Å². The molecule has 1 fully saturated rings. The minimum atomic E-state index is -0.824. The lowest BCUT2D eigenvalue weighted by Crippen LogP contribution is -2.30. The van der Waals surface area contributed by atoms with Crippen LogP contribution in [0.15, 0.2) is 97.1 Å². The van der Waals surface area contributed by atoms with Gasteiger partial charge in [0.15, 0.2) is 0 Å². The molecule has 0 saturated heterocycles. The second-order valence-corrected chi connectivity index (χ2v) is 9.99. The summed E-state index contributed by atoms with van der Waals surface area (Å²) in [5.74, 6) is 2.95. The van der Waals surface area contributed by atoms with Crippen molar-refractivity contribution >= 4 is 12.1 Å². The van der Waals surface area contributed by atoms with Gasteiger partial charge in [-0.15, -0.1) is 0 Å². The second-order valence-electron chi connectivity index (χ2n) is 9.99. The van der Waals surface area contributed by atoms with Crippen LogP contribution < -0.4 is 23.7 Å². The van der Waals surface area contributed by atoms with E-state index in [4.69, 9.17) is 23.7 Å². The Morgan fingerprint density at radius 2 is 0.927 bits per heavy atom. The lowest BCUT2D eigenvalue weighted by Gasteiger charge is -2.38. The van der Waals surface area contributed by atoms with Crippen LogP contribution in [0.5, 0.6) is 34.5 Å². The topological polar surface area (TPSA) is 80.3 Å². The van der Waals surface area contributed by atoms with Gasteiger partial charge in [-0.1, -0.05) is 43.5 Å². The van der Waals surface area contributed by atoms with Gasteiger partial charge in [0.2, 0.25) is 0 Å². The van der Waals surface area contributed by atoms with Gasteiger partial charge in [-0.25, -0.2) is 4.79 Å². The normalized spacial score (nSPS) is 14.0. The van der Waals surface area contributed by atoms with Gasteiger partial charge in [0.1, 0.15) is 34.5 Å². The number of carbonyl (C=O) groups is 2. The molecule has 1 saturated carbocycles. The summed E-state index contributed by atoms with van der Waals surface area (Å²) >= 11 is 0. The van der Waals surface area contributed by atoms with E-state index in [0.29, 0.717) is 28.7 Å². The summed E-state index contributed by atoms with van der Waals surface area (Å²) in [5, 5.41) is 0. The van der Waals surface area contributed by atoms with Crippen molar-refractivity contribution in [2.75, 3.05) is 7.11 Å². The molecule has 210 valence electrons. The molecule has 0 unspecified atom stereocenters. The SMILES string of the molecule is COc1ccc(Oc2ccc(OC(=O)Oc3ccc(C4(c5ccc(OC(C)=O)cc5)CCCCC4)cc3)cc2)cc1. The fraction of sp³-hybridized carbons (Fsp3) is 0.235. The van der Waals surface area contributed by atoms with Crippen molar-refractivity contribution < 1.29 is 33.3 Å². The number of carbonyl (C=O) groups excluding carboxylic acids is 2. The summed E-state index contributed by atoms with van der Waals surface area (Å²) in [6, 6.07) is 29.3. The predicted molar refractivity (Wildman–Crippen MR) is 154 cm³/mol. The number of hydrogen-bond acceptors (Lipinski definition) is 7. The standard InChI is InChI=1S/C34H32O7/c1-24(35)38-28-10-6-25(7-11-28)34(22-4-3-5-23-34)26-8-12-31(13-9-26)40-33(36)41-32-20-18-30(19-21-32)39-29-16-14-27(37-2)15-17-29/h6-21H,3-5,22-23H2,1-2H3. The van der Waals surface area contributed by atoms with E-state index < -0.39 is 6.16 Å². The van der Waals surface area contributed by atoms with E-state index in [9.17, 15) is 9.59 Å². The van der Waals surface area contributed by atoms with Crippen molar-refractivity contribution in [3.8, 4) is 34.5 Å². The zero-order chi connectivity index (χ0) is 28.7. The molecule has 0 heterocycles. The maximum Gasteiger partial charge on any atom is 0.519 e. The van der Waals surface area contributed by atoms with Crippen LogP contribution in [0.4, 0.5) is 4.79 Å². The van der Waals surface area contributed by atoms with E-state index >= 15 is 0 Å². The molecule has 5 rings (SSSR count). The molecule has 1 aliphatic carbocycles. The molecule has 41 heavy (non-hydrogen) atoms. The summed E-state index contributed by atoms with van der Waals surface area (Å²) in [5.41, 5.74) is 2.19. The number of rotatable bonds is 8. The summed E-state index contributed by atoms with van der Waals surface area (Å²) in [6.45, 7) is 1.39. The van der Waals surface area contributed by atoms with Crippen LogP contribution in [0.2, 0.25) is 0 Å². The summed E-state index contributed by atoms with van der Waals surface area (Å²) < 4.78 is 27.0. The molecule has 1 aliphatic rings. The monoisotopic (exact) mass is 552 g/mol. The predicted octanol–water partition coefficient (Wildman–Crippen LogP) is 8.24. The van der Waals surface area contributed by atoms with Crippen molar-refractivity contribution in [3.05, 3.63) is 108 Å². The Morgan fingerprint density at radius 1 is 0.537 bits per heavy atom. The molecule has 0 amide bonds. The maximum atomic E-state index is 12.5. The molecular weight excluding hydrogens is 520 g/mol. The first-order chi connectivity index (χ1) is 19.9. The van der Waals surface area contributed by atoms with Crippen LogP contribution in [0.1, 0.15) is 50.2 Å². The quantitative estimate of drug-likeness (QED) is 0.124. The smallest absolute Gasteiger partial charge is 0.497 e. The third kappa shape index (κ3) is 6.87. The number of hydrogen-bond donors (Lipinski definition) is 0. The van der Waals surface area contributed by atoms with Crippen molar-refractivity contribution in [1.29, 1.82) is 0 Å². The minimum Gasteiger partial charge on any atom is -0.497 e. The number of esters is 1. The Hall–Kier alpha value is -4.78. The highest BCUT2D eigenvalue weighted by Gasteiger charge is 2.35. The van der Waals surface area contributed by atoms with E-state index in [0.717, 1.165) is 37.0 Å². The van der Waals surface area contributed by atoms with E-state index in [1.54, 1.807) is 43.5 Å². The average molecular weight is 553 g/mol. The first kappa shape index (κ1) is 27.8. The van der Waals surface area contributed by atoms with Crippen molar-refractivity contribution in [2.45, 2.75) is 44.4 Å². The highest BCUT2D eigenvalue weighted by molar-refractivity contribution is 5.69. The van der Waals surface area contributed by atoms with Crippen LogP contribution >= 0.6 is 0 Å². The molecule has 4 aromatic rings. The number of methoxy groups -OCH3 is 1.